The van der Waals surface area contributed by atoms with Crippen LogP contribution in [-0.2, 0) is 0 Å². The number of nitrogens with two attached hydrogens (primary N) is 1. The van der Waals surface area contributed by atoms with Crippen LogP contribution in [0.25, 0.3) is 0 Å². The van der Waals surface area contributed by atoms with Gasteiger partial charge in [0.05, 0.1) is 13.2 Å². The predicted octanol–water partition coefficient (Wildman–Crippen LogP) is 2.09. The first-order valence-corrected chi connectivity index (χ1v) is 3.97. The molecule has 0 heterocycles. The number of methoxy groups -OCH3 is 1. The Kier molecular flexibility index (Phi) is 5.32. The zero-order valence-electron chi connectivity index (χ0n) is 7.98. The average molecular weight is 240 g/mol. The topological polar surface area (TPSA) is 55.5 Å². The van der Waals surface area contributed by atoms with Crippen LogP contribution in [0.2, 0.25) is 0 Å². The van der Waals surface area contributed by atoms with Gasteiger partial charge in [-0.15, -0.1) is 12.4 Å². The third-order valence-electron chi connectivity index (χ3n) is 1.88. The predicted molar refractivity (Wildman–Crippen MR) is 54.8 cm³/mol. The van der Waals surface area contributed by atoms with E-state index in [1.165, 1.54) is 25.3 Å². The van der Waals surface area contributed by atoms with Crippen LogP contribution in [0.3, 0.4) is 0 Å². The molecule has 0 aliphatic heterocycles. The molecule has 1 rings (SSSR count). The second-order valence-electron chi connectivity index (χ2n) is 2.76. The second-order valence-corrected chi connectivity index (χ2v) is 2.76. The Hall–Kier alpha value is -1.07. The average Bonchev–Trinajstić information content (AvgIpc) is 2.17. The fourth-order valence-electron chi connectivity index (χ4n) is 1.11. The van der Waals surface area contributed by atoms with Crippen molar-refractivity contribution in [3.63, 3.8) is 0 Å². The number of benzene rings is 1. The summed E-state index contributed by atoms with van der Waals surface area (Å²) in [6.07, 6.45) is -2.71. The maximum Gasteiger partial charge on any atom is 0.257 e. The minimum Gasteiger partial charge on any atom is -0.504 e. The van der Waals surface area contributed by atoms with E-state index >= 15 is 0 Å². The van der Waals surface area contributed by atoms with Crippen LogP contribution in [0.5, 0.6) is 11.5 Å². The highest BCUT2D eigenvalue weighted by Crippen LogP contribution is 2.34. The van der Waals surface area contributed by atoms with Crippen LogP contribution in [0.15, 0.2) is 18.2 Å². The lowest BCUT2D eigenvalue weighted by molar-refractivity contribution is 0.115. The van der Waals surface area contributed by atoms with E-state index in [2.05, 4.69) is 0 Å². The van der Waals surface area contributed by atoms with Gasteiger partial charge in [0.2, 0.25) is 0 Å². The van der Waals surface area contributed by atoms with Crippen LogP contribution in [0, 0.1) is 0 Å². The lowest BCUT2D eigenvalue weighted by Crippen LogP contribution is -2.19. The molecule has 1 aromatic rings. The number of alkyl halides is 2. The van der Waals surface area contributed by atoms with Gasteiger partial charge < -0.3 is 15.6 Å². The zero-order chi connectivity index (χ0) is 10.7. The van der Waals surface area contributed by atoms with Crippen molar-refractivity contribution >= 4 is 12.4 Å². The van der Waals surface area contributed by atoms with Gasteiger partial charge in [0, 0.05) is 5.56 Å². The van der Waals surface area contributed by atoms with Gasteiger partial charge >= 0.3 is 0 Å². The molecule has 0 amide bonds. The first-order valence-electron chi connectivity index (χ1n) is 3.97. The van der Waals surface area contributed by atoms with Gasteiger partial charge in [-0.05, 0) is 6.07 Å². The van der Waals surface area contributed by atoms with Crippen molar-refractivity contribution in [1.29, 1.82) is 0 Å². The van der Waals surface area contributed by atoms with Crippen molar-refractivity contribution < 1.29 is 18.6 Å². The van der Waals surface area contributed by atoms with Gasteiger partial charge in [-0.3, -0.25) is 0 Å². The number of hydrogen-bond acceptors (Lipinski definition) is 3. The molecule has 15 heavy (non-hydrogen) atoms. The highest BCUT2D eigenvalue weighted by atomic mass is 35.5. The van der Waals surface area contributed by atoms with Gasteiger partial charge in [0.15, 0.2) is 11.5 Å². The monoisotopic (exact) mass is 239 g/mol. The van der Waals surface area contributed by atoms with Crippen molar-refractivity contribution in [2.45, 2.75) is 12.5 Å². The summed E-state index contributed by atoms with van der Waals surface area (Å²) in [4.78, 5) is 0. The highest BCUT2D eigenvalue weighted by molar-refractivity contribution is 5.85. The van der Waals surface area contributed by atoms with Crippen LogP contribution in [0.1, 0.15) is 11.6 Å². The van der Waals surface area contributed by atoms with E-state index in [-0.39, 0.29) is 29.5 Å². The Balaban J connectivity index is 0.00000196. The molecule has 0 radical (unpaired) electrons. The fourth-order valence-corrected chi connectivity index (χ4v) is 1.11. The maximum atomic E-state index is 12.3. The summed E-state index contributed by atoms with van der Waals surface area (Å²) in [6, 6.07) is 2.81. The number of ether oxygens (including phenoxy) is 1. The third-order valence-corrected chi connectivity index (χ3v) is 1.88. The molecule has 0 fully saturated rings. The summed E-state index contributed by atoms with van der Waals surface area (Å²) in [5.41, 5.74) is 5.18. The first-order chi connectivity index (χ1) is 6.57. The van der Waals surface area contributed by atoms with Gasteiger partial charge in [0.1, 0.15) is 0 Å². The molecule has 0 saturated carbocycles. The van der Waals surface area contributed by atoms with E-state index in [1.807, 2.05) is 0 Å². The van der Waals surface area contributed by atoms with E-state index in [1.54, 1.807) is 0 Å². The Labute approximate surface area is 92.3 Å². The minimum absolute atomic E-state index is 0. The third kappa shape index (κ3) is 2.94. The van der Waals surface area contributed by atoms with Crippen molar-refractivity contribution in [1.82, 2.24) is 0 Å². The summed E-state index contributed by atoms with van der Waals surface area (Å²) in [7, 11) is 1.34. The summed E-state index contributed by atoms with van der Waals surface area (Å²) < 4.78 is 29.3. The molecule has 0 aromatic heterocycles. The second kappa shape index (κ2) is 5.72. The lowest BCUT2D eigenvalue weighted by Gasteiger charge is -2.14. The molecule has 0 aliphatic rings. The molecule has 86 valence electrons. The van der Waals surface area contributed by atoms with Gasteiger partial charge in [-0.1, -0.05) is 12.1 Å². The first kappa shape index (κ1) is 13.9. The highest BCUT2D eigenvalue weighted by Gasteiger charge is 2.22. The number of para-hydroxylation sites is 1. The number of aromatic hydroxyl groups is 1. The molecule has 3 nitrogen and oxygen atoms in total. The molecule has 0 unspecified atom stereocenters. The van der Waals surface area contributed by atoms with E-state index in [0.717, 1.165) is 0 Å². The standard InChI is InChI=1S/C9H11F2NO2.ClH/c1-14-6-4-2-3-5(8(6)13)7(12)9(10)11;/h2-4,7,9,13H,12H2,1H3;1H/t7-;/m1./s1. The van der Waals surface area contributed by atoms with Crippen LogP contribution < -0.4 is 10.5 Å². The van der Waals surface area contributed by atoms with Crippen molar-refractivity contribution in [2.24, 2.45) is 5.73 Å². The Morgan fingerprint density at radius 1 is 1.40 bits per heavy atom. The number of phenols is 1. The number of hydrogen-bond donors (Lipinski definition) is 2. The van der Waals surface area contributed by atoms with E-state index in [9.17, 15) is 13.9 Å². The molecular formula is C9H12ClF2NO2. The van der Waals surface area contributed by atoms with Gasteiger partial charge in [0.25, 0.3) is 6.43 Å². The van der Waals surface area contributed by atoms with Crippen LogP contribution >= 0.6 is 12.4 Å². The Morgan fingerprint density at radius 2 is 2.00 bits per heavy atom. The number of rotatable bonds is 3. The molecule has 1 atom stereocenters. The molecule has 0 saturated heterocycles. The summed E-state index contributed by atoms with van der Waals surface area (Å²) in [6.45, 7) is 0. The van der Waals surface area contributed by atoms with Crippen molar-refractivity contribution in [3.05, 3.63) is 23.8 Å². The van der Waals surface area contributed by atoms with Crippen LogP contribution in [-0.4, -0.2) is 18.6 Å². The van der Waals surface area contributed by atoms with Crippen molar-refractivity contribution in [3.8, 4) is 11.5 Å². The summed E-state index contributed by atoms with van der Waals surface area (Å²) >= 11 is 0. The summed E-state index contributed by atoms with van der Waals surface area (Å²) in [5.74, 6) is -0.193. The molecule has 1 aromatic carbocycles. The maximum absolute atomic E-state index is 12.3. The Morgan fingerprint density at radius 3 is 2.47 bits per heavy atom. The molecule has 3 N–H and O–H groups in total. The zero-order valence-corrected chi connectivity index (χ0v) is 8.80. The fraction of sp³-hybridized carbons (Fsp3) is 0.333. The Bertz CT molecular complexity index is 323. The number of halogens is 3. The quantitative estimate of drug-likeness (QED) is 0.849. The van der Waals surface area contributed by atoms with E-state index < -0.39 is 12.5 Å². The van der Waals surface area contributed by atoms with Crippen molar-refractivity contribution in [2.75, 3.05) is 7.11 Å². The normalized spacial score (nSPS) is 12.1. The van der Waals surface area contributed by atoms with Crippen LogP contribution in [0.4, 0.5) is 8.78 Å². The molecule has 6 heteroatoms. The molecule has 0 spiro atoms. The molecule has 0 bridgehead atoms. The largest absolute Gasteiger partial charge is 0.504 e. The van der Waals surface area contributed by atoms with Gasteiger partial charge in [-0.2, -0.15) is 0 Å². The molecular weight excluding hydrogens is 228 g/mol. The molecule has 0 aliphatic carbocycles. The minimum atomic E-state index is -2.71. The van der Waals surface area contributed by atoms with E-state index in [0.29, 0.717) is 0 Å². The SMILES string of the molecule is COc1cccc([C@@H](N)C(F)F)c1O.Cl. The van der Waals surface area contributed by atoms with Gasteiger partial charge in [-0.25, -0.2) is 8.78 Å². The smallest absolute Gasteiger partial charge is 0.257 e. The summed E-state index contributed by atoms with van der Waals surface area (Å²) in [5, 5.41) is 9.47. The lowest BCUT2D eigenvalue weighted by atomic mass is 10.1. The van der Waals surface area contributed by atoms with E-state index in [4.69, 9.17) is 10.5 Å². The number of phenolic OH excluding ortho intramolecular Hbond substituents is 1.